The van der Waals surface area contributed by atoms with E-state index in [9.17, 15) is 17.6 Å². The third-order valence-corrected chi connectivity index (χ3v) is 6.52. The number of rotatable bonds is 7. The van der Waals surface area contributed by atoms with Gasteiger partial charge in [0.05, 0.1) is 11.9 Å². The van der Waals surface area contributed by atoms with E-state index in [2.05, 4.69) is 10.2 Å². The Balaban J connectivity index is 1.65. The van der Waals surface area contributed by atoms with Gasteiger partial charge in [0, 0.05) is 25.3 Å². The Labute approximate surface area is 177 Å². The zero-order valence-corrected chi connectivity index (χ0v) is 18.2. The van der Waals surface area contributed by atoms with Gasteiger partial charge in [-0.15, -0.1) is 0 Å². The second-order valence-electron chi connectivity index (χ2n) is 7.65. The first-order valence-corrected chi connectivity index (χ1v) is 12.0. The summed E-state index contributed by atoms with van der Waals surface area (Å²) >= 11 is 0. The number of sulfonamides is 1. The smallest absolute Gasteiger partial charge is 0.243 e. The fourth-order valence-electron chi connectivity index (χ4n) is 3.74. The number of halogens is 1. The van der Waals surface area contributed by atoms with Gasteiger partial charge in [0.2, 0.25) is 15.9 Å². The van der Waals surface area contributed by atoms with E-state index in [1.165, 1.54) is 50.1 Å². The summed E-state index contributed by atoms with van der Waals surface area (Å²) in [5.41, 5.74) is 2.21. The molecule has 0 radical (unpaired) electrons. The molecule has 1 fully saturated rings. The van der Waals surface area contributed by atoms with Gasteiger partial charge < -0.3 is 10.2 Å². The second-order valence-corrected chi connectivity index (χ2v) is 9.51. The minimum Gasteiger partial charge on any atom is -0.372 e. The molecule has 2 aromatic rings. The predicted octanol–water partition coefficient (Wildman–Crippen LogP) is 3.29. The Bertz CT molecular complexity index is 973. The van der Waals surface area contributed by atoms with Crippen LogP contribution in [0.4, 0.5) is 15.8 Å². The number of carbonyl (C=O) groups excluding carboxylic acids is 1. The number of nitrogens with one attached hydrogen (secondary N) is 1. The maximum Gasteiger partial charge on any atom is 0.243 e. The second kappa shape index (κ2) is 9.47. The number of benzene rings is 2. The molecule has 3 rings (SSSR count). The van der Waals surface area contributed by atoms with Gasteiger partial charge >= 0.3 is 0 Å². The standard InChI is InChI=1S/C22H28FN3O3S/c1-17(26(30(2,28)29)21-8-6-7-19(23)15-21)22(27)24-16-18-9-11-20(12-10-18)25-13-4-3-5-14-25/h6-12,15,17H,3-5,13-14,16H2,1-2H3,(H,24,27). The van der Waals surface area contributed by atoms with Crippen molar-refractivity contribution in [1.29, 1.82) is 0 Å². The largest absolute Gasteiger partial charge is 0.372 e. The molecule has 1 aliphatic heterocycles. The van der Waals surface area contributed by atoms with Crippen LogP contribution in [0.25, 0.3) is 0 Å². The minimum atomic E-state index is -3.78. The molecule has 1 aliphatic rings. The molecule has 6 nitrogen and oxygen atoms in total. The van der Waals surface area contributed by atoms with E-state index in [1.807, 2.05) is 24.3 Å². The molecule has 0 bridgehead atoms. The van der Waals surface area contributed by atoms with Crippen LogP contribution in [-0.4, -0.2) is 39.7 Å². The van der Waals surface area contributed by atoms with Crippen molar-refractivity contribution in [2.45, 2.75) is 38.8 Å². The van der Waals surface area contributed by atoms with Crippen LogP contribution in [0.2, 0.25) is 0 Å². The number of hydrogen-bond donors (Lipinski definition) is 1. The van der Waals surface area contributed by atoms with Crippen molar-refractivity contribution in [2.75, 3.05) is 28.6 Å². The maximum atomic E-state index is 13.6. The average molecular weight is 434 g/mol. The van der Waals surface area contributed by atoms with Crippen LogP contribution >= 0.6 is 0 Å². The van der Waals surface area contributed by atoms with Crippen LogP contribution in [0.5, 0.6) is 0 Å². The molecule has 1 atom stereocenters. The molecule has 162 valence electrons. The quantitative estimate of drug-likeness (QED) is 0.728. The van der Waals surface area contributed by atoms with Crippen LogP contribution < -0.4 is 14.5 Å². The van der Waals surface area contributed by atoms with Crippen molar-refractivity contribution in [1.82, 2.24) is 5.32 Å². The molecule has 1 amide bonds. The van der Waals surface area contributed by atoms with Crippen LogP contribution in [0.15, 0.2) is 48.5 Å². The third kappa shape index (κ3) is 5.50. The maximum absolute atomic E-state index is 13.6. The monoisotopic (exact) mass is 433 g/mol. The van der Waals surface area contributed by atoms with E-state index < -0.39 is 27.8 Å². The van der Waals surface area contributed by atoms with Crippen LogP contribution in [0.1, 0.15) is 31.7 Å². The summed E-state index contributed by atoms with van der Waals surface area (Å²) in [4.78, 5) is 15.0. The first-order chi connectivity index (χ1) is 14.3. The van der Waals surface area contributed by atoms with Gasteiger partial charge in [-0.25, -0.2) is 12.8 Å². The Hall–Kier alpha value is -2.61. The summed E-state index contributed by atoms with van der Waals surface area (Å²) in [5, 5.41) is 2.78. The van der Waals surface area contributed by atoms with Gasteiger partial charge in [-0.05, 0) is 62.1 Å². The predicted molar refractivity (Wildman–Crippen MR) is 118 cm³/mol. The zero-order valence-electron chi connectivity index (χ0n) is 17.3. The van der Waals surface area contributed by atoms with E-state index in [1.54, 1.807) is 0 Å². The number of amides is 1. The Morgan fingerprint density at radius 1 is 1.13 bits per heavy atom. The number of anilines is 2. The minimum absolute atomic E-state index is 0.117. The van der Waals surface area contributed by atoms with Crippen molar-refractivity contribution >= 4 is 27.3 Å². The highest BCUT2D eigenvalue weighted by atomic mass is 32.2. The summed E-state index contributed by atoms with van der Waals surface area (Å²) < 4.78 is 39.1. The van der Waals surface area contributed by atoms with Gasteiger partial charge in [-0.3, -0.25) is 9.10 Å². The summed E-state index contributed by atoms with van der Waals surface area (Å²) in [6.07, 6.45) is 4.69. The fraction of sp³-hybridized carbons (Fsp3) is 0.409. The molecule has 8 heteroatoms. The molecule has 0 saturated carbocycles. The molecular weight excluding hydrogens is 405 g/mol. The Morgan fingerprint density at radius 2 is 1.80 bits per heavy atom. The summed E-state index contributed by atoms with van der Waals surface area (Å²) in [6.45, 7) is 3.90. The van der Waals surface area contributed by atoms with Gasteiger partial charge in [0.1, 0.15) is 11.9 Å². The lowest BCUT2D eigenvalue weighted by atomic mass is 10.1. The lowest BCUT2D eigenvalue weighted by molar-refractivity contribution is -0.122. The van der Waals surface area contributed by atoms with Crippen molar-refractivity contribution in [2.24, 2.45) is 0 Å². The molecule has 2 aromatic carbocycles. The lowest BCUT2D eigenvalue weighted by Crippen LogP contribution is -2.47. The zero-order chi connectivity index (χ0) is 21.7. The van der Waals surface area contributed by atoms with Gasteiger partial charge in [-0.1, -0.05) is 18.2 Å². The SMILES string of the molecule is CC(C(=O)NCc1ccc(N2CCCCC2)cc1)N(c1cccc(F)c1)S(C)(=O)=O. The molecular formula is C22H28FN3O3S. The average Bonchev–Trinajstić information content (AvgIpc) is 2.72. The highest BCUT2D eigenvalue weighted by molar-refractivity contribution is 7.92. The Kier molecular flexibility index (Phi) is 6.97. The van der Waals surface area contributed by atoms with Crippen LogP contribution in [0, 0.1) is 5.82 Å². The summed E-state index contributed by atoms with van der Waals surface area (Å²) in [5.74, 6) is -1.02. The van der Waals surface area contributed by atoms with E-state index in [0.29, 0.717) is 0 Å². The molecule has 30 heavy (non-hydrogen) atoms. The van der Waals surface area contributed by atoms with E-state index in [-0.39, 0.29) is 12.2 Å². The highest BCUT2D eigenvalue weighted by Gasteiger charge is 2.29. The van der Waals surface area contributed by atoms with E-state index in [4.69, 9.17) is 0 Å². The number of nitrogens with zero attached hydrogens (tertiary/aromatic N) is 2. The van der Waals surface area contributed by atoms with Gasteiger partial charge in [-0.2, -0.15) is 0 Å². The van der Waals surface area contributed by atoms with Crippen LogP contribution in [-0.2, 0) is 21.4 Å². The number of carbonyl (C=O) groups is 1. The molecule has 1 heterocycles. The summed E-state index contributed by atoms with van der Waals surface area (Å²) in [6, 6.07) is 12.2. The van der Waals surface area contributed by atoms with E-state index >= 15 is 0 Å². The Morgan fingerprint density at radius 3 is 2.40 bits per heavy atom. The topological polar surface area (TPSA) is 69.7 Å². The molecule has 0 spiro atoms. The molecule has 0 aliphatic carbocycles. The van der Waals surface area contributed by atoms with Crippen molar-refractivity contribution < 1.29 is 17.6 Å². The van der Waals surface area contributed by atoms with E-state index in [0.717, 1.165) is 35.3 Å². The first kappa shape index (κ1) is 22.1. The first-order valence-electron chi connectivity index (χ1n) is 10.1. The lowest BCUT2D eigenvalue weighted by Gasteiger charge is -2.29. The molecule has 1 unspecified atom stereocenters. The van der Waals surface area contributed by atoms with Crippen molar-refractivity contribution in [3.05, 3.63) is 59.9 Å². The third-order valence-electron chi connectivity index (χ3n) is 5.28. The number of hydrogen-bond acceptors (Lipinski definition) is 4. The molecule has 1 saturated heterocycles. The molecule has 1 N–H and O–H groups in total. The normalized spacial score (nSPS) is 15.5. The fourth-order valence-corrected chi connectivity index (χ4v) is 4.90. The number of piperidine rings is 1. The van der Waals surface area contributed by atoms with Crippen molar-refractivity contribution in [3.8, 4) is 0 Å². The van der Waals surface area contributed by atoms with Gasteiger partial charge in [0.25, 0.3) is 0 Å². The van der Waals surface area contributed by atoms with Crippen molar-refractivity contribution in [3.63, 3.8) is 0 Å². The summed E-state index contributed by atoms with van der Waals surface area (Å²) in [7, 11) is -3.78. The highest BCUT2D eigenvalue weighted by Crippen LogP contribution is 2.22. The van der Waals surface area contributed by atoms with Gasteiger partial charge in [0.15, 0.2) is 0 Å². The molecule has 0 aromatic heterocycles. The van der Waals surface area contributed by atoms with Crippen LogP contribution in [0.3, 0.4) is 0 Å².